The number of rotatable bonds is 9. The molecular formula is C16H21NO3S. The molecule has 0 spiro atoms. The topological polar surface area (TPSA) is 39.7 Å². The molecule has 21 heavy (non-hydrogen) atoms. The Morgan fingerprint density at radius 2 is 2.05 bits per heavy atom. The van der Waals surface area contributed by atoms with Crippen LogP contribution in [0.1, 0.15) is 10.4 Å². The minimum Gasteiger partial charge on any atom is -0.493 e. The van der Waals surface area contributed by atoms with E-state index in [2.05, 4.69) is 11.4 Å². The van der Waals surface area contributed by atoms with E-state index in [1.165, 1.54) is 4.88 Å². The van der Waals surface area contributed by atoms with E-state index in [9.17, 15) is 0 Å². The summed E-state index contributed by atoms with van der Waals surface area (Å²) in [5.41, 5.74) is 1.16. The average Bonchev–Trinajstić information content (AvgIpc) is 3.03. The minimum atomic E-state index is 0.569. The molecule has 0 aliphatic carbocycles. The molecule has 0 saturated heterocycles. The fourth-order valence-electron chi connectivity index (χ4n) is 1.89. The Morgan fingerprint density at radius 3 is 2.76 bits per heavy atom. The maximum atomic E-state index is 5.82. The van der Waals surface area contributed by atoms with E-state index in [0.717, 1.165) is 30.2 Å². The summed E-state index contributed by atoms with van der Waals surface area (Å²) in [5.74, 6) is 1.53. The third-order valence-electron chi connectivity index (χ3n) is 2.99. The van der Waals surface area contributed by atoms with Crippen molar-refractivity contribution in [1.29, 1.82) is 0 Å². The molecule has 0 radical (unpaired) electrons. The normalized spacial score (nSPS) is 10.6. The van der Waals surface area contributed by atoms with Gasteiger partial charge in [-0.2, -0.15) is 0 Å². The van der Waals surface area contributed by atoms with Crippen LogP contribution in [0.15, 0.2) is 35.7 Å². The highest BCUT2D eigenvalue weighted by Gasteiger charge is 2.06. The maximum Gasteiger partial charge on any atom is 0.161 e. The van der Waals surface area contributed by atoms with Gasteiger partial charge in [-0.1, -0.05) is 12.1 Å². The summed E-state index contributed by atoms with van der Waals surface area (Å²) in [6.07, 6.45) is 0. The van der Waals surface area contributed by atoms with E-state index < -0.39 is 0 Å². The van der Waals surface area contributed by atoms with Gasteiger partial charge in [0, 0.05) is 25.1 Å². The lowest BCUT2D eigenvalue weighted by molar-refractivity contribution is 0.199. The number of nitrogens with one attached hydrogen (secondary N) is 1. The fourth-order valence-corrected chi connectivity index (χ4v) is 2.51. The van der Waals surface area contributed by atoms with E-state index in [4.69, 9.17) is 14.2 Å². The van der Waals surface area contributed by atoms with Crippen molar-refractivity contribution in [2.24, 2.45) is 0 Å². The number of methoxy groups -OCH3 is 2. The second kappa shape index (κ2) is 8.67. The zero-order valence-electron chi connectivity index (χ0n) is 12.4. The van der Waals surface area contributed by atoms with Crippen LogP contribution in [0.25, 0.3) is 0 Å². The monoisotopic (exact) mass is 307 g/mol. The van der Waals surface area contributed by atoms with Crippen LogP contribution >= 0.6 is 11.3 Å². The third-order valence-corrected chi connectivity index (χ3v) is 3.84. The Balaban J connectivity index is 1.92. The molecule has 2 aromatic rings. The summed E-state index contributed by atoms with van der Waals surface area (Å²) in [6.45, 7) is 2.89. The predicted octanol–water partition coefficient (Wildman–Crippen LogP) is 3.07. The molecule has 0 aliphatic heterocycles. The number of hydrogen-bond acceptors (Lipinski definition) is 5. The molecule has 4 nitrogen and oxygen atoms in total. The van der Waals surface area contributed by atoms with E-state index in [0.29, 0.717) is 13.2 Å². The summed E-state index contributed by atoms with van der Waals surface area (Å²) in [5, 5.41) is 5.35. The molecule has 0 saturated carbocycles. The van der Waals surface area contributed by atoms with Gasteiger partial charge in [0.25, 0.3) is 0 Å². The molecule has 0 aliphatic rings. The SMILES string of the molecule is COCCNCc1ccc(OCc2cccs2)c(OC)c1. The van der Waals surface area contributed by atoms with Gasteiger partial charge in [-0.3, -0.25) is 0 Å². The van der Waals surface area contributed by atoms with Crippen LogP contribution in [-0.4, -0.2) is 27.4 Å². The number of hydrogen-bond donors (Lipinski definition) is 1. The molecule has 0 unspecified atom stereocenters. The molecule has 1 aromatic carbocycles. The molecule has 0 amide bonds. The minimum absolute atomic E-state index is 0.569. The van der Waals surface area contributed by atoms with Crippen molar-refractivity contribution in [3.8, 4) is 11.5 Å². The summed E-state index contributed by atoms with van der Waals surface area (Å²) in [6, 6.07) is 10.1. The highest BCUT2D eigenvalue weighted by molar-refractivity contribution is 7.09. The third kappa shape index (κ3) is 5.04. The molecule has 5 heteroatoms. The van der Waals surface area contributed by atoms with Crippen LogP contribution in [0, 0.1) is 0 Å². The molecule has 1 N–H and O–H groups in total. The standard InChI is InChI=1S/C16H21NO3S/c1-18-8-7-17-11-13-5-6-15(16(10-13)19-2)20-12-14-4-3-9-21-14/h3-6,9-10,17H,7-8,11-12H2,1-2H3. The van der Waals surface area contributed by atoms with E-state index in [1.807, 2.05) is 29.6 Å². The van der Waals surface area contributed by atoms with Crippen molar-refractivity contribution in [3.63, 3.8) is 0 Å². The Morgan fingerprint density at radius 1 is 1.14 bits per heavy atom. The Hall–Kier alpha value is -1.56. The lowest BCUT2D eigenvalue weighted by Crippen LogP contribution is -2.18. The quantitative estimate of drug-likeness (QED) is 0.723. The lowest BCUT2D eigenvalue weighted by atomic mass is 10.2. The number of thiophene rings is 1. The number of benzene rings is 1. The molecule has 114 valence electrons. The largest absolute Gasteiger partial charge is 0.493 e. The van der Waals surface area contributed by atoms with Gasteiger partial charge in [-0.05, 0) is 29.1 Å². The molecule has 0 atom stereocenters. The van der Waals surface area contributed by atoms with Crippen LogP contribution in [0.3, 0.4) is 0 Å². The second-order valence-corrected chi connectivity index (χ2v) is 5.56. The highest BCUT2D eigenvalue weighted by atomic mass is 32.1. The summed E-state index contributed by atoms with van der Waals surface area (Å²) in [4.78, 5) is 1.20. The first kappa shape index (κ1) is 15.8. The fraction of sp³-hybridized carbons (Fsp3) is 0.375. The van der Waals surface area contributed by atoms with Gasteiger partial charge in [-0.15, -0.1) is 11.3 Å². The highest BCUT2D eigenvalue weighted by Crippen LogP contribution is 2.29. The van der Waals surface area contributed by atoms with E-state index in [-0.39, 0.29) is 0 Å². The van der Waals surface area contributed by atoms with Gasteiger partial charge in [0.15, 0.2) is 11.5 Å². The Kier molecular flexibility index (Phi) is 6.53. The van der Waals surface area contributed by atoms with Gasteiger partial charge < -0.3 is 19.5 Å². The summed E-state index contributed by atoms with van der Waals surface area (Å²) < 4.78 is 16.2. The zero-order valence-corrected chi connectivity index (χ0v) is 13.2. The zero-order chi connectivity index (χ0) is 14.9. The van der Waals surface area contributed by atoms with Gasteiger partial charge in [0.1, 0.15) is 6.61 Å². The number of ether oxygens (including phenoxy) is 3. The summed E-state index contributed by atoms with van der Waals surface area (Å²) in [7, 11) is 3.36. The molecule has 0 fully saturated rings. The van der Waals surface area contributed by atoms with Crippen molar-refractivity contribution in [2.45, 2.75) is 13.2 Å². The molecule has 1 aromatic heterocycles. The Labute approximate surface area is 129 Å². The molecule has 1 heterocycles. The van der Waals surface area contributed by atoms with Crippen LogP contribution < -0.4 is 14.8 Å². The van der Waals surface area contributed by atoms with Crippen molar-refractivity contribution >= 4 is 11.3 Å². The first-order valence-electron chi connectivity index (χ1n) is 6.85. The van der Waals surface area contributed by atoms with E-state index in [1.54, 1.807) is 25.6 Å². The molecular weight excluding hydrogens is 286 g/mol. The smallest absolute Gasteiger partial charge is 0.161 e. The molecule has 0 bridgehead atoms. The average molecular weight is 307 g/mol. The van der Waals surface area contributed by atoms with Gasteiger partial charge in [-0.25, -0.2) is 0 Å². The van der Waals surface area contributed by atoms with Gasteiger partial charge >= 0.3 is 0 Å². The van der Waals surface area contributed by atoms with Gasteiger partial charge in [0.2, 0.25) is 0 Å². The van der Waals surface area contributed by atoms with Crippen molar-refractivity contribution < 1.29 is 14.2 Å². The first-order valence-corrected chi connectivity index (χ1v) is 7.73. The van der Waals surface area contributed by atoms with Crippen LogP contribution in [0.4, 0.5) is 0 Å². The predicted molar refractivity (Wildman–Crippen MR) is 85.2 cm³/mol. The summed E-state index contributed by atoms with van der Waals surface area (Å²) >= 11 is 1.69. The van der Waals surface area contributed by atoms with Crippen LogP contribution in [0.5, 0.6) is 11.5 Å². The van der Waals surface area contributed by atoms with Crippen molar-refractivity contribution in [3.05, 3.63) is 46.2 Å². The van der Waals surface area contributed by atoms with Gasteiger partial charge in [0.05, 0.1) is 13.7 Å². The van der Waals surface area contributed by atoms with E-state index >= 15 is 0 Å². The van der Waals surface area contributed by atoms with Crippen molar-refractivity contribution in [1.82, 2.24) is 5.32 Å². The van der Waals surface area contributed by atoms with Crippen LogP contribution in [0.2, 0.25) is 0 Å². The van der Waals surface area contributed by atoms with Crippen LogP contribution in [-0.2, 0) is 17.9 Å². The lowest BCUT2D eigenvalue weighted by Gasteiger charge is -2.12. The second-order valence-electron chi connectivity index (χ2n) is 4.52. The Bertz CT molecular complexity index is 528. The first-order chi connectivity index (χ1) is 10.3. The van der Waals surface area contributed by atoms with Crippen molar-refractivity contribution in [2.75, 3.05) is 27.4 Å². The maximum absolute atomic E-state index is 5.82. The molecule has 2 rings (SSSR count).